The molecule has 0 fully saturated rings. The van der Waals surface area contributed by atoms with Gasteiger partial charge in [0.2, 0.25) is 0 Å². The Kier molecular flexibility index (Phi) is 5.87. The first-order valence-electron chi connectivity index (χ1n) is 6.15. The average molecular weight is 217 g/mol. The first-order chi connectivity index (χ1) is 7.74. The van der Waals surface area contributed by atoms with Crippen LogP contribution in [-0.2, 0) is 0 Å². The molecule has 1 nitrogen and oxygen atoms in total. The maximum atomic E-state index is 4.15. The molecule has 0 N–H and O–H groups in total. The highest BCUT2D eigenvalue weighted by Crippen LogP contribution is 2.15. The fourth-order valence-corrected chi connectivity index (χ4v) is 1.68. The van der Waals surface area contributed by atoms with Crippen molar-refractivity contribution in [2.24, 2.45) is 0 Å². The van der Waals surface area contributed by atoms with Gasteiger partial charge in [-0.25, -0.2) is 0 Å². The first-order valence-corrected chi connectivity index (χ1v) is 6.15. The van der Waals surface area contributed by atoms with Gasteiger partial charge in [-0.2, -0.15) is 0 Å². The van der Waals surface area contributed by atoms with E-state index in [1.165, 1.54) is 30.5 Å². The van der Waals surface area contributed by atoms with Crippen molar-refractivity contribution >= 4 is 5.57 Å². The van der Waals surface area contributed by atoms with E-state index in [9.17, 15) is 0 Å². The molecule has 0 radical (unpaired) electrons. The second-order valence-corrected chi connectivity index (χ2v) is 4.38. The highest BCUT2D eigenvalue weighted by Gasteiger charge is 2.01. The molecule has 88 valence electrons. The molecule has 0 saturated heterocycles. The number of rotatable bonds is 7. The second-order valence-electron chi connectivity index (χ2n) is 4.38. The Labute approximate surface area is 99.8 Å². The van der Waals surface area contributed by atoms with Crippen LogP contribution in [-0.4, -0.2) is 25.0 Å². The van der Waals surface area contributed by atoms with Gasteiger partial charge in [-0.15, -0.1) is 0 Å². The van der Waals surface area contributed by atoms with E-state index < -0.39 is 0 Å². The molecular weight excluding hydrogens is 194 g/mol. The Morgan fingerprint density at radius 1 is 1.19 bits per heavy atom. The predicted molar refractivity (Wildman–Crippen MR) is 72.5 cm³/mol. The molecule has 0 saturated carbocycles. The smallest absolute Gasteiger partial charge is 0.00188 e. The lowest BCUT2D eigenvalue weighted by Gasteiger charge is -2.16. The summed E-state index contributed by atoms with van der Waals surface area (Å²) in [6, 6.07) is 10.5. The summed E-state index contributed by atoms with van der Waals surface area (Å²) in [5.41, 5.74) is 2.51. The van der Waals surface area contributed by atoms with E-state index in [1.54, 1.807) is 0 Å². The number of hydrogen-bond acceptors (Lipinski definition) is 1. The minimum absolute atomic E-state index is 1.06. The van der Waals surface area contributed by atoms with Crippen LogP contribution in [0.1, 0.15) is 31.7 Å². The molecular formula is C15H23N. The summed E-state index contributed by atoms with van der Waals surface area (Å²) in [7, 11) is 2.19. The van der Waals surface area contributed by atoms with Gasteiger partial charge in [0, 0.05) is 6.54 Å². The number of nitrogens with zero attached hydrogens (tertiary/aromatic N) is 1. The van der Waals surface area contributed by atoms with Gasteiger partial charge in [-0.1, -0.05) is 50.3 Å². The van der Waals surface area contributed by atoms with Crippen LogP contribution >= 0.6 is 0 Å². The van der Waals surface area contributed by atoms with Crippen LogP contribution in [0.5, 0.6) is 0 Å². The van der Waals surface area contributed by atoms with Gasteiger partial charge in [0.05, 0.1) is 0 Å². The summed E-state index contributed by atoms with van der Waals surface area (Å²) in [5, 5.41) is 0. The highest BCUT2D eigenvalue weighted by molar-refractivity contribution is 5.63. The molecule has 0 unspecified atom stereocenters. The molecule has 0 spiro atoms. The molecule has 0 heterocycles. The molecule has 0 amide bonds. The van der Waals surface area contributed by atoms with E-state index in [2.05, 4.69) is 49.7 Å². The van der Waals surface area contributed by atoms with Gasteiger partial charge in [-0.3, -0.25) is 0 Å². The van der Waals surface area contributed by atoms with Crippen LogP contribution < -0.4 is 0 Å². The van der Waals surface area contributed by atoms with Gasteiger partial charge < -0.3 is 4.90 Å². The van der Waals surface area contributed by atoms with E-state index in [0.717, 1.165) is 13.0 Å². The third-order valence-electron chi connectivity index (χ3n) is 2.87. The maximum absolute atomic E-state index is 4.15. The minimum Gasteiger partial charge on any atom is -0.306 e. The first kappa shape index (κ1) is 13.0. The van der Waals surface area contributed by atoms with Crippen LogP contribution in [0.4, 0.5) is 0 Å². The molecule has 1 aromatic rings. The molecule has 0 bridgehead atoms. The summed E-state index contributed by atoms with van der Waals surface area (Å²) in [4.78, 5) is 2.39. The standard InChI is InChI=1S/C15H23N/c1-4-5-12-16(3)13-11-14(2)15-9-7-6-8-10-15/h6-10H,2,4-5,11-13H2,1,3H3. The highest BCUT2D eigenvalue weighted by atomic mass is 15.1. The van der Waals surface area contributed by atoms with E-state index in [0.29, 0.717) is 0 Å². The Balaban J connectivity index is 2.30. The van der Waals surface area contributed by atoms with Crippen molar-refractivity contribution < 1.29 is 0 Å². The van der Waals surface area contributed by atoms with E-state index in [1.807, 2.05) is 6.07 Å². The van der Waals surface area contributed by atoms with Crippen molar-refractivity contribution in [2.75, 3.05) is 20.1 Å². The zero-order chi connectivity index (χ0) is 11.8. The molecule has 1 heteroatoms. The molecule has 0 aliphatic carbocycles. The summed E-state index contributed by atoms with van der Waals surface area (Å²) >= 11 is 0. The summed E-state index contributed by atoms with van der Waals surface area (Å²) < 4.78 is 0. The average Bonchev–Trinajstić information content (AvgIpc) is 2.34. The summed E-state index contributed by atoms with van der Waals surface area (Å²) in [6.45, 7) is 8.68. The zero-order valence-corrected chi connectivity index (χ0v) is 10.6. The van der Waals surface area contributed by atoms with Gasteiger partial charge in [-0.05, 0) is 37.6 Å². The number of hydrogen-bond donors (Lipinski definition) is 0. The SMILES string of the molecule is C=C(CCN(C)CCCC)c1ccccc1. The van der Waals surface area contributed by atoms with Gasteiger partial charge in [0.15, 0.2) is 0 Å². The monoisotopic (exact) mass is 217 g/mol. The molecule has 16 heavy (non-hydrogen) atoms. The molecule has 1 aromatic carbocycles. The van der Waals surface area contributed by atoms with Crippen LogP contribution in [0.2, 0.25) is 0 Å². The predicted octanol–water partition coefficient (Wildman–Crippen LogP) is 3.82. The van der Waals surface area contributed by atoms with Crippen LogP contribution in [0.15, 0.2) is 36.9 Å². The van der Waals surface area contributed by atoms with Crippen LogP contribution in [0.3, 0.4) is 0 Å². The van der Waals surface area contributed by atoms with Crippen LogP contribution in [0.25, 0.3) is 5.57 Å². The Bertz CT molecular complexity index is 302. The van der Waals surface area contributed by atoms with Crippen molar-refractivity contribution in [1.82, 2.24) is 4.90 Å². The van der Waals surface area contributed by atoms with Crippen molar-refractivity contribution in [3.8, 4) is 0 Å². The summed E-state index contributed by atoms with van der Waals surface area (Å²) in [6.07, 6.45) is 3.61. The quantitative estimate of drug-likeness (QED) is 0.671. The van der Waals surface area contributed by atoms with Gasteiger partial charge >= 0.3 is 0 Å². The Morgan fingerprint density at radius 2 is 1.88 bits per heavy atom. The lowest BCUT2D eigenvalue weighted by molar-refractivity contribution is 0.336. The third-order valence-corrected chi connectivity index (χ3v) is 2.87. The Morgan fingerprint density at radius 3 is 2.50 bits per heavy atom. The molecule has 0 aliphatic rings. The van der Waals surface area contributed by atoms with E-state index in [-0.39, 0.29) is 0 Å². The fraction of sp³-hybridized carbons (Fsp3) is 0.467. The largest absolute Gasteiger partial charge is 0.306 e. The summed E-state index contributed by atoms with van der Waals surface area (Å²) in [5.74, 6) is 0. The Hall–Kier alpha value is -1.08. The van der Waals surface area contributed by atoms with Crippen molar-refractivity contribution in [3.63, 3.8) is 0 Å². The molecule has 0 atom stereocenters. The third kappa shape index (κ3) is 4.63. The minimum atomic E-state index is 1.06. The molecule has 1 rings (SSSR count). The van der Waals surface area contributed by atoms with Crippen molar-refractivity contribution in [2.45, 2.75) is 26.2 Å². The van der Waals surface area contributed by atoms with Gasteiger partial charge in [0.25, 0.3) is 0 Å². The number of unbranched alkanes of at least 4 members (excludes halogenated alkanes) is 1. The lowest BCUT2D eigenvalue weighted by atomic mass is 10.0. The second kappa shape index (κ2) is 7.24. The molecule has 0 aliphatic heterocycles. The van der Waals surface area contributed by atoms with Crippen LogP contribution in [0, 0.1) is 0 Å². The number of benzene rings is 1. The molecule has 0 aromatic heterocycles. The lowest BCUT2D eigenvalue weighted by Crippen LogP contribution is -2.20. The maximum Gasteiger partial charge on any atom is 0.00188 e. The van der Waals surface area contributed by atoms with Gasteiger partial charge in [0.1, 0.15) is 0 Å². The zero-order valence-electron chi connectivity index (χ0n) is 10.6. The van der Waals surface area contributed by atoms with Crippen molar-refractivity contribution in [1.29, 1.82) is 0 Å². The van der Waals surface area contributed by atoms with E-state index in [4.69, 9.17) is 0 Å². The van der Waals surface area contributed by atoms with Crippen molar-refractivity contribution in [3.05, 3.63) is 42.5 Å². The van der Waals surface area contributed by atoms with E-state index >= 15 is 0 Å². The normalized spacial score (nSPS) is 10.7. The fourth-order valence-electron chi connectivity index (χ4n) is 1.68. The topological polar surface area (TPSA) is 3.24 Å².